The van der Waals surface area contributed by atoms with E-state index in [9.17, 15) is 4.79 Å². The lowest BCUT2D eigenvalue weighted by Gasteiger charge is -2.33. The number of benzene rings is 1. The summed E-state index contributed by atoms with van der Waals surface area (Å²) < 4.78 is 0. The van der Waals surface area contributed by atoms with Gasteiger partial charge >= 0.3 is 0 Å². The van der Waals surface area contributed by atoms with E-state index >= 15 is 0 Å². The summed E-state index contributed by atoms with van der Waals surface area (Å²) in [5, 5.41) is 7.69. The Balaban J connectivity index is 1.61. The van der Waals surface area contributed by atoms with Gasteiger partial charge in [0.25, 0.3) is 0 Å². The van der Waals surface area contributed by atoms with Crippen molar-refractivity contribution < 1.29 is 4.79 Å². The van der Waals surface area contributed by atoms with E-state index in [1.54, 1.807) is 18.2 Å². The fourth-order valence-electron chi connectivity index (χ4n) is 3.86. The van der Waals surface area contributed by atoms with E-state index in [0.29, 0.717) is 22.0 Å². The van der Waals surface area contributed by atoms with Crippen molar-refractivity contribution in [3.8, 4) is 0 Å². The van der Waals surface area contributed by atoms with Crippen molar-refractivity contribution in [2.24, 2.45) is 5.41 Å². The van der Waals surface area contributed by atoms with Crippen LogP contribution in [0.1, 0.15) is 24.8 Å². The highest BCUT2D eigenvalue weighted by molar-refractivity contribution is 6.33. The summed E-state index contributed by atoms with van der Waals surface area (Å²) in [7, 11) is 2.05. The van der Waals surface area contributed by atoms with E-state index in [4.69, 9.17) is 23.2 Å². The van der Waals surface area contributed by atoms with Crippen LogP contribution in [0.3, 0.4) is 0 Å². The number of likely N-dealkylation sites (N-methyl/N-ethyl adjacent to an activating group) is 1. The molecule has 1 unspecified atom stereocenters. The highest BCUT2D eigenvalue weighted by Crippen LogP contribution is 2.41. The van der Waals surface area contributed by atoms with Gasteiger partial charge in [0.2, 0.25) is 5.91 Å². The number of hydrogen-bond donors (Lipinski definition) is 2. The minimum absolute atomic E-state index is 0.0499. The van der Waals surface area contributed by atoms with Crippen molar-refractivity contribution in [2.75, 3.05) is 26.7 Å². The van der Waals surface area contributed by atoms with Gasteiger partial charge in [-0.3, -0.25) is 9.69 Å². The van der Waals surface area contributed by atoms with Crippen LogP contribution in [-0.2, 0) is 11.3 Å². The van der Waals surface area contributed by atoms with Crippen molar-refractivity contribution in [3.05, 3.63) is 33.8 Å². The largest absolute Gasteiger partial charge is 0.351 e. The van der Waals surface area contributed by atoms with Gasteiger partial charge in [0.15, 0.2) is 0 Å². The highest BCUT2D eigenvalue weighted by atomic mass is 35.5. The number of halogens is 2. The Morgan fingerprint density at radius 3 is 2.87 bits per heavy atom. The van der Waals surface area contributed by atoms with Crippen LogP contribution in [0.25, 0.3) is 0 Å². The predicted molar refractivity (Wildman–Crippen MR) is 93.9 cm³/mol. The third-order valence-electron chi connectivity index (χ3n) is 5.17. The molecule has 1 aromatic carbocycles. The maximum atomic E-state index is 12.6. The smallest absolute Gasteiger partial charge is 0.237 e. The molecule has 2 aliphatic rings. The molecule has 126 valence electrons. The molecule has 0 saturated carbocycles. The number of piperidine rings is 1. The number of carbonyl (C=O) groups excluding carboxylic acids is 1. The molecule has 4 nitrogen and oxygen atoms in total. The average Bonchev–Trinajstić information content (AvgIpc) is 2.84. The Morgan fingerprint density at radius 1 is 1.39 bits per heavy atom. The van der Waals surface area contributed by atoms with E-state index in [-0.39, 0.29) is 11.9 Å². The zero-order valence-electron chi connectivity index (χ0n) is 13.4. The molecule has 2 aliphatic heterocycles. The highest BCUT2D eigenvalue weighted by Gasteiger charge is 2.45. The second-order valence-electron chi connectivity index (χ2n) is 6.84. The number of carbonyl (C=O) groups is 1. The molecule has 0 radical (unpaired) electrons. The molecule has 3 rings (SSSR count). The number of amides is 1. The Bertz CT molecular complexity index is 587. The second-order valence-corrected chi connectivity index (χ2v) is 7.68. The molecule has 1 atom stereocenters. The van der Waals surface area contributed by atoms with Gasteiger partial charge in [-0.25, -0.2) is 0 Å². The Hall–Kier alpha value is -0.810. The molecule has 23 heavy (non-hydrogen) atoms. The van der Waals surface area contributed by atoms with Gasteiger partial charge in [-0.15, -0.1) is 0 Å². The number of likely N-dealkylation sites (tertiary alicyclic amines) is 1. The molecular formula is C17H23Cl2N3O. The second kappa shape index (κ2) is 6.98. The lowest BCUT2D eigenvalue weighted by atomic mass is 9.77. The van der Waals surface area contributed by atoms with Crippen LogP contribution in [-0.4, -0.2) is 43.5 Å². The zero-order valence-corrected chi connectivity index (χ0v) is 14.9. The van der Waals surface area contributed by atoms with E-state index in [1.807, 2.05) is 7.05 Å². The SMILES string of the molecule is CN1CC2(CCNCC2)CC1C(=O)NCc1cc(Cl)ccc1Cl. The van der Waals surface area contributed by atoms with Gasteiger partial charge in [-0.05, 0) is 68.6 Å². The third-order valence-corrected chi connectivity index (χ3v) is 5.77. The lowest BCUT2D eigenvalue weighted by molar-refractivity contribution is -0.125. The summed E-state index contributed by atoms with van der Waals surface area (Å²) in [6, 6.07) is 5.26. The van der Waals surface area contributed by atoms with Crippen LogP contribution < -0.4 is 10.6 Å². The van der Waals surface area contributed by atoms with Crippen LogP contribution in [0.15, 0.2) is 18.2 Å². The lowest BCUT2D eigenvalue weighted by Crippen LogP contribution is -2.41. The first-order valence-corrected chi connectivity index (χ1v) is 8.87. The fourth-order valence-corrected chi connectivity index (χ4v) is 4.24. The molecule has 1 aromatic rings. The summed E-state index contributed by atoms with van der Waals surface area (Å²) in [5.41, 5.74) is 1.15. The van der Waals surface area contributed by atoms with Gasteiger partial charge in [0.05, 0.1) is 6.04 Å². The number of nitrogens with zero attached hydrogens (tertiary/aromatic N) is 1. The van der Waals surface area contributed by atoms with Crippen molar-refractivity contribution in [2.45, 2.75) is 31.8 Å². The van der Waals surface area contributed by atoms with E-state index in [0.717, 1.165) is 44.5 Å². The van der Waals surface area contributed by atoms with Crippen molar-refractivity contribution in [1.29, 1.82) is 0 Å². The standard InChI is InChI=1S/C17H23Cl2N3O/c1-22-11-17(4-6-20-7-5-17)9-15(22)16(23)21-10-12-8-13(18)2-3-14(12)19/h2-3,8,15,20H,4-7,9-11H2,1H3,(H,21,23). The molecule has 0 aliphatic carbocycles. The van der Waals surface area contributed by atoms with Crippen LogP contribution in [0, 0.1) is 5.41 Å². The van der Waals surface area contributed by atoms with Gasteiger partial charge in [0, 0.05) is 23.1 Å². The monoisotopic (exact) mass is 355 g/mol. The van der Waals surface area contributed by atoms with Crippen molar-refractivity contribution in [1.82, 2.24) is 15.5 Å². The summed E-state index contributed by atoms with van der Waals surface area (Å²) in [5.74, 6) is 0.0824. The Kier molecular flexibility index (Phi) is 5.16. The quantitative estimate of drug-likeness (QED) is 0.875. The maximum Gasteiger partial charge on any atom is 0.237 e. The summed E-state index contributed by atoms with van der Waals surface area (Å²) >= 11 is 12.2. The number of nitrogens with one attached hydrogen (secondary N) is 2. The van der Waals surface area contributed by atoms with E-state index in [2.05, 4.69) is 15.5 Å². The minimum Gasteiger partial charge on any atom is -0.351 e. The molecule has 2 saturated heterocycles. The molecule has 1 spiro atoms. The zero-order chi connectivity index (χ0) is 16.4. The summed E-state index contributed by atoms with van der Waals surface area (Å²) in [4.78, 5) is 14.8. The normalized spacial score (nSPS) is 24.0. The van der Waals surface area contributed by atoms with E-state index < -0.39 is 0 Å². The van der Waals surface area contributed by atoms with Crippen LogP contribution in [0.5, 0.6) is 0 Å². The van der Waals surface area contributed by atoms with Crippen LogP contribution in [0.4, 0.5) is 0 Å². The van der Waals surface area contributed by atoms with E-state index in [1.165, 1.54) is 0 Å². The summed E-state index contributed by atoms with van der Waals surface area (Å²) in [6.45, 7) is 3.53. The van der Waals surface area contributed by atoms with Gasteiger partial charge in [-0.1, -0.05) is 23.2 Å². The fraction of sp³-hybridized carbons (Fsp3) is 0.588. The van der Waals surface area contributed by atoms with Crippen molar-refractivity contribution >= 4 is 29.1 Å². The molecule has 1 amide bonds. The van der Waals surface area contributed by atoms with Gasteiger partial charge in [0.1, 0.15) is 0 Å². The minimum atomic E-state index is -0.0499. The molecule has 2 N–H and O–H groups in total. The first kappa shape index (κ1) is 17.0. The third kappa shape index (κ3) is 3.82. The van der Waals surface area contributed by atoms with Crippen LogP contribution >= 0.6 is 23.2 Å². The number of hydrogen-bond acceptors (Lipinski definition) is 3. The van der Waals surface area contributed by atoms with Gasteiger partial charge < -0.3 is 10.6 Å². The molecule has 2 heterocycles. The molecule has 0 aromatic heterocycles. The van der Waals surface area contributed by atoms with Gasteiger partial charge in [-0.2, -0.15) is 0 Å². The average molecular weight is 356 g/mol. The molecule has 6 heteroatoms. The molecular weight excluding hydrogens is 333 g/mol. The first-order valence-electron chi connectivity index (χ1n) is 8.12. The predicted octanol–water partition coefficient (Wildman–Crippen LogP) is 2.68. The Labute approximate surface area is 147 Å². The summed E-state index contributed by atoms with van der Waals surface area (Å²) in [6.07, 6.45) is 3.25. The molecule has 2 fully saturated rings. The van der Waals surface area contributed by atoms with Crippen LogP contribution in [0.2, 0.25) is 10.0 Å². The number of rotatable bonds is 3. The maximum absolute atomic E-state index is 12.6. The first-order chi connectivity index (χ1) is 11.0. The molecule has 0 bridgehead atoms. The Morgan fingerprint density at radius 2 is 2.13 bits per heavy atom. The topological polar surface area (TPSA) is 44.4 Å². The van der Waals surface area contributed by atoms with Crippen molar-refractivity contribution in [3.63, 3.8) is 0 Å².